The number of halogens is 2. The van der Waals surface area contributed by atoms with Crippen molar-refractivity contribution in [3.63, 3.8) is 0 Å². The van der Waals surface area contributed by atoms with E-state index < -0.39 is 15.8 Å². The van der Waals surface area contributed by atoms with Gasteiger partial charge in [-0.15, -0.1) is 0 Å². The molecule has 19 heavy (non-hydrogen) atoms. The largest absolute Gasteiger partial charge is 0.398 e. The Kier molecular flexibility index (Phi) is 3.77. The number of nitrogens with one attached hydrogen (secondary N) is 1. The van der Waals surface area contributed by atoms with Crippen LogP contribution in [0.3, 0.4) is 0 Å². The Balaban J connectivity index is 2.33. The average Bonchev–Trinajstić information content (AvgIpc) is 2.33. The molecular formula is C12H10BrFN2O2S. The highest BCUT2D eigenvalue weighted by Gasteiger charge is 2.15. The topological polar surface area (TPSA) is 72.2 Å². The molecule has 0 spiro atoms. The molecule has 0 atom stereocenters. The molecule has 0 saturated carbocycles. The highest BCUT2D eigenvalue weighted by Crippen LogP contribution is 2.25. The van der Waals surface area contributed by atoms with Gasteiger partial charge in [0.15, 0.2) is 0 Å². The predicted molar refractivity (Wildman–Crippen MR) is 75.8 cm³/mol. The summed E-state index contributed by atoms with van der Waals surface area (Å²) < 4.78 is 40.0. The van der Waals surface area contributed by atoms with Crippen molar-refractivity contribution in [3.8, 4) is 0 Å². The quantitative estimate of drug-likeness (QED) is 0.840. The summed E-state index contributed by atoms with van der Waals surface area (Å²) in [7, 11) is -3.82. The fourth-order valence-corrected chi connectivity index (χ4v) is 2.90. The van der Waals surface area contributed by atoms with E-state index in [-0.39, 0.29) is 4.90 Å². The van der Waals surface area contributed by atoms with Gasteiger partial charge in [0.1, 0.15) is 5.82 Å². The SMILES string of the molecule is Nc1ccc(NS(=O)(=O)c2cccc(F)c2)cc1Br. The van der Waals surface area contributed by atoms with Crippen LogP contribution in [0.15, 0.2) is 51.8 Å². The fraction of sp³-hybridized carbons (Fsp3) is 0. The van der Waals surface area contributed by atoms with Crippen LogP contribution in [0.1, 0.15) is 0 Å². The van der Waals surface area contributed by atoms with Gasteiger partial charge in [-0.25, -0.2) is 12.8 Å². The first-order valence-corrected chi connectivity index (χ1v) is 7.49. The van der Waals surface area contributed by atoms with Crippen molar-refractivity contribution < 1.29 is 12.8 Å². The molecule has 0 aromatic heterocycles. The lowest BCUT2D eigenvalue weighted by Crippen LogP contribution is -2.13. The maximum absolute atomic E-state index is 13.0. The van der Waals surface area contributed by atoms with Crippen LogP contribution in [0.2, 0.25) is 0 Å². The third kappa shape index (κ3) is 3.24. The van der Waals surface area contributed by atoms with Gasteiger partial charge >= 0.3 is 0 Å². The second-order valence-electron chi connectivity index (χ2n) is 3.80. The Bertz CT molecular complexity index is 719. The summed E-state index contributed by atoms with van der Waals surface area (Å²) in [5.41, 5.74) is 6.44. The number of sulfonamides is 1. The Morgan fingerprint density at radius 1 is 1.16 bits per heavy atom. The Morgan fingerprint density at radius 2 is 1.89 bits per heavy atom. The number of rotatable bonds is 3. The molecule has 4 nitrogen and oxygen atoms in total. The number of nitrogens with two attached hydrogens (primary N) is 1. The molecule has 0 aliphatic carbocycles. The molecule has 0 amide bonds. The van der Waals surface area contributed by atoms with E-state index in [4.69, 9.17) is 5.73 Å². The molecule has 2 aromatic carbocycles. The lowest BCUT2D eigenvalue weighted by atomic mass is 10.3. The van der Waals surface area contributed by atoms with Crippen molar-refractivity contribution in [1.29, 1.82) is 0 Å². The normalized spacial score (nSPS) is 11.3. The molecule has 0 saturated heterocycles. The van der Waals surface area contributed by atoms with Gasteiger partial charge in [-0.1, -0.05) is 6.07 Å². The first kappa shape index (κ1) is 13.8. The maximum Gasteiger partial charge on any atom is 0.261 e. The molecule has 3 N–H and O–H groups in total. The summed E-state index contributed by atoms with van der Waals surface area (Å²) >= 11 is 3.20. The van der Waals surface area contributed by atoms with Gasteiger partial charge in [-0.05, 0) is 52.3 Å². The van der Waals surface area contributed by atoms with Crippen molar-refractivity contribution in [2.75, 3.05) is 10.5 Å². The van der Waals surface area contributed by atoms with Crippen LogP contribution in [-0.2, 0) is 10.0 Å². The van der Waals surface area contributed by atoms with Crippen LogP contribution >= 0.6 is 15.9 Å². The van der Waals surface area contributed by atoms with Gasteiger partial charge in [0.05, 0.1) is 10.6 Å². The summed E-state index contributed by atoms with van der Waals surface area (Å²) in [6.45, 7) is 0. The van der Waals surface area contributed by atoms with E-state index in [1.165, 1.54) is 30.3 Å². The molecule has 0 heterocycles. The van der Waals surface area contributed by atoms with E-state index in [9.17, 15) is 12.8 Å². The summed E-state index contributed by atoms with van der Waals surface area (Å²) in [6.07, 6.45) is 0. The zero-order chi connectivity index (χ0) is 14.0. The Labute approximate surface area is 118 Å². The molecule has 2 rings (SSSR count). The minimum Gasteiger partial charge on any atom is -0.398 e. The van der Waals surface area contributed by atoms with Gasteiger partial charge in [0.2, 0.25) is 0 Å². The van der Waals surface area contributed by atoms with Crippen LogP contribution in [0.5, 0.6) is 0 Å². The van der Waals surface area contributed by atoms with Gasteiger partial charge in [-0.2, -0.15) is 0 Å². The van der Waals surface area contributed by atoms with Crippen molar-refractivity contribution in [1.82, 2.24) is 0 Å². The lowest BCUT2D eigenvalue weighted by Gasteiger charge is -2.09. The Hall–Kier alpha value is -1.60. The van der Waals surface area contributed by atoms with E-state index in [1.807, 2.05) is 0 Å². The fourth-order valence-electron chi connectivity index (χ4n) is 1.44. The number of hydrogen-bond acceptors (Lipinski definition) is 3. The third-order valence-electron chi connectivity index (χ3n) is 2.36. The van der Waals surface area contributed by atoms with Gasteiger partial charge in [0.25, 0.3) is 10.0 Å². The first-order valence-electron chi connectivity index (χ1n) is 5.22. The van der Waals surface area contributed by atoms with Crippen molar-refractivity contribution in [3.05, 3.63) is 52.8 Å². The summed E-state index contributed by atoms with van der Waals surface area (Å²) in [5.74, 6) is -0.610. The average molecular weight is 345 g/mol. The zero-order valence-corrected chi connectivity index (χ0v) is 12.0. The highest BCUT2D eigenvalue weighted by molar-refractivity contribution is 9.10. The minimum absolute atomic E-state index is 0.138. The van der Waals surface area contributed by atoms with Crippen LogP contribution in [0.4, 0.5) is 15.8 Å². The minimum atomic E-state index is -3.82. The van der Waals surface area contributed by atoms with Crippen LogP contribution in [0.25, 0.3) is 0 Å². The molecule has 0 fully saturated rings. The zero-order valence-electron chi connectivity index (χ0n) is 9.60. The highest BCUT2D eigenvalue weighted by atomic mass is 79.9. The van der Waals surface area contributed by atoms with Crippen molar-refractivity contribution in [2.24, 2.45) is 0 Å². The molecular weight excluding hydrogens is 335 g/mol. The van der Waals surface area contributed by atoms with Crippen molar-refractivity contribution in [2.45, 2.75) is 4.90 Å². The Morgan fingerprint density at radius 3 is 2.53 bits per heavy atom. The van der Waals surface area contributed by atoms with E-state index in [0.717, 1.165) is 6.07 Å². The van der Waals surface area contributed by atoms with Gasteiger partial charge in [-0.3, -0.25) is 4.72 Å². The molecule has 2 aromatic rings. The van der Waals surface area contributed by atoms with Crippen LogP contribution in [-0.4, -0.2) is 8.42 Å². The van der Waals surface area contributed by atoms with Crippen LogP contribution < -0.4 is 10.5 Å². The summed E-state index contributed by atoms with van der Waals surface area (Å²) in [4.78, 5) is -0.138. The number of benzene rings is 2. The second-order valence-corrected chi connectivity index (χ2v) is 6.34. The van der Waals surface area contributed by atoms with E-state index in [1.54, 1.807) is 6.07 Å². The summed E-state index contributed by atoms with van der Waals surface area (Å²) in [6, 6.07) is 9.41. The smallest absolute Gasteiger partial charge is 0.261 e. The monoisotopic (exact) mass is 344 g/mol. The third-order valence-corrected chi connectivity index (χ3v) is 4.42. The standard InChI is InChI=1S/C12H10BrFN2O2S/c13-11-7-9(4-5-12(11)15)16-19(17,18)10-3-1-2-8(14)6-10/h1-7,16H,15H2. The van der Waals surface area contributed by atoms with Crippen LogP contribution in [0, 0.1) is 5.82 Å². The van der Waals surface area contributed by atoms with Crippen molar-refractivity contribution >= 4 is 37.3 Å². The molecule has 0 unspecified atom stereocenters. The molecule has 0 aliphatic rings. The van der Waals surface area contributed by atoms with Gasteiger partial charge < -0.3 is 5.73 Å². The predicted octanol–water partition coefficient (Wildman–Crippen LogP) is 2.97. The molecule has 0 bridgehead atoms. The second kappa shape index (κ2) is 5.18. The number of hydrogen-bond donors (Lipinski definition) is 2. The van der Waals surface area contributed by atoms with E-state index >= 15 is 0 Å². The lowest BCUT2D eigenvalue weighted by molar-refractivity contribution is 0.595. The van der Waals surface area contributed by atoms with E-state index in [0.29, 0.717) is 15.8 Å². The molecule has 100 valence electrons. The molecule has 7 heteroatoms. The summed E-state index contributed by atoms with van der Waals surface area (Å²) in [5, 5.41) is 0. The molecule has 0 radical (unpaired) electrons. The first-order chi connectivity index (χ1) is 8.88. The van der Waals surface area contributed by atoms with E-state index in [2.05, 4.69) is 20.7 Å². The van der Waals surface area contributed by atoms with Gasteiger partial charge in [0, 0.05) is 10.2 Å². The number of nitrogen functional groups attached to an aromatic ring is 1. The number of anilines is 2. The maximum atomic E-state index is 13.0. The molecule has 0 aliphatic heterocycles.